The van der Waals surface area contributed by atoms with Crippen molar-refractivity contribution in [1.82, 2.24) is 15.2 Å². The monoisotopic (exact) mass is 377 g/mol. The molecule has 2 aromatic rings. The fraction of sp³-hybridized carbons (Fsp3) is 0.364. The number of rotatable bonds is 4. The maximum Gasteiger partial charge on any atom is 0.261 e. The van der Waals surface area contributed by atoms with Crippen LogP contribution in [0.15, 0.2) is 42.7 Å². The highest BCUT2D eigenvalue weighted by atomic mass is 16.2. The van der Waals surface area contributed by atoms with Crippen molar-refractivity contribution in [3.8, 4) is 0 Å². The summed E-state index contributed by atoms with van der Waals surface area (Å²) < 4.78 is 0. The van der Waals surface area contributed by atoms with Crippen LogP contribution in [0.25, 0.3) is 0 Å². The highest BCUT2D eigenvalue weighted by Crippen LogP contribution is 2.31. The number of hydrogen-bond acceptors (Lipinski definition) is 4. The van der Waals surface area contributed by atoms with Gasteiger partial charge in [-0.05, 0) is 49.6 Å². The Labute approximate surface area is 164 Å². The van der Waals surface area contributed by atoms with Gasteiger partial charge >= 0.3 is 0 Å². The number of pyridine rings is 1. The molecule has 28 heavy (non-hydrogen) atoms. The van der Waals surface area contributed by atoms with Gasteiger partial charge in [0.2, 0.25) is 0 Å². The Morgan fingerprint density at radius 2 is 1.86 bits per heavy atom. The van der Waals surface area contributed by atoms with Crippen LogP contribution >= 0.6 is 0 Å². The van der Waals surface area contributed by atoms with Crippen molar-refractivity contribution >= 4 is 17.7 Å². The zero-order chi connectivity index (χ0) is 19.7. The molecule has 0 spiro atoms. The summed E-state index contributed by atoms with van der Waals surface area (Å²) >= 11 is 0. The normalized spacial score (nSPS) is 18.1. The van der Waals surface area contributed by atoms with Gasteiger partial charge in [0.15, 0.2) is 0 Å². The molecule has 1 aliphatic heterocycles. The van der Waals surface area contributed by atoms with Gasteiger partial charge in [-0.2, -0.15) is 0 Å². The van der Waals surface area contributed by atoms with Crippen molar-refractivity contribution in [2.75, 3.05) is 0 Å². The van der Waals surface area contributed by atoms with Crippen LogP contribution in [-0.2, 0) is 0 Å². The number of benzene rings is 1. The largest absolute Gasteiger partial charge is 0.345 e. The summed E-state index contributed by atoms with van der Waals surface area (Å²) in [6.07, 6.45) is 8.34. The zero-order valence-corrected chi connectivity index (χ0v) is 15.9. The summed E-state index contributed by atoms with van der Waals surface area (Å²) in [6, 6.07) is 8.22. The second-order valence-electron chi connectivity index (χ2n) is 7.51. The van der Waals surface area contributed by atoms with E-state index in [1.807, 2.05) is 19.1 Å². The lowest BCUT2D eigenvalue weighted by Gasteiger charge is -2.29. The van der Waals surface area contributed by atoms with Crippen LogP contribution in [-0.4, -0.2) is 33.6 Å². The third kappa shape index (κ3) is 3.30. The Balaban J connectivity index is 1.53. The highest BCUT2D eigenvalue weighted by molar-refractivity contribution is 6.22. The molecule has 1 aromatic heterocycles. The van der Waals surface area contributed by atoms with E-state index in [4.69, 9.17) is 0 Å². The van der Waals surface area contributed by atoms with E-state index in [1.54, 1.807) is 30.6 Å². The van der Waals surface area contributed by atoms with Crippen LogP contribution < -0.4 is 5.32 Å². The summed E-state index contributed by atoms with van der Waals surface area (Å²) in [6.45, 7) is 1.88. The molecule has 1 atom stereocenters. The molecule has 1 aromatic carbocycles. The van der Waals surface area contributed by atoms with Gasteiger partial charge in [0.05, 0.1) is 17.2 Å². The number of amides is 3. The molecule has 6 nitrogen and oxygen atoms in total. The number of carbonyl (C=O) groups excluding carboxylic acids is 3. The third-order valence-electron chi connectivity index (χ3n) is 5.65. The number of nitrogens with one attached hydrogen (secondary N) is 1. The first-order valence-corrected chi connectivity index (χ1v) is 9.79. The van der Waals surface area contributed by atoms with Gasteiger partial charge in [-0.25, -0.2) is 0 Å². The third-order valence-corrected chi connectivity index (χ3v) is 5.65. The van der Waals surface area contributed by atoms with Crippen molar-refractivity contribution in [3.63, 3.8) is 0 Å². The minimum atomic E-state index is -0.282. The Bertz CT molecular complexity index is 920. The maximum absolute atomic E-state index is 12.9. The smallest absolute Gasteiger partial charge is 0.261 e. The molecule has 1 saturated carbocycles. The summed E-state index contributed by atoms with van der Waals surface area (Å²) in [7, 11) is 0. The van der Waals surface area contributed by atoms with Crippen LogP contribution in [0.3, 0.4) is 0 Å². The average molecular weight is 377 g/mol. The number of hydrogen-bond donors (Lipinski definition) is 1. The SMILES string of the molecule is CC(NC(=O)c1ccc2c(c1)C(=O)N(C1CCCCC1)C2=O)c1cccnc1. The lowest BCUT2D eigenvalue weighted by molar-refractivity contribution is 0.0548. The van der Waals surface area contributed by atoms with Crippen LogP contribution in [0.1, 0.15) is 81.7 Å². The lowest BCUT2D eigenvalue weighted by atomic mass is 9.94. The summed E-state index contributed by atoms with van der Waals surface area (Å²) in [5, 5.41) is 2.92. The molecule has 0 radical (unpaired) electrons. The van der Waals surface area contributed by atoms with Crippen molar-refractivity contribution in [3.05, 3.63) is 65.0 Å². The lowest BCUT2D eigenvalue weighted by Crippen LogP contribution is -2.40. The first-order valence-electron chi connectivity index (χ1n) is 9.79. The molecule has 1 fully saturated rings. The fourth-order valence-corrected chi connectivity index (χ4v) is 4.07. The molecule has 4 rings (SSSR count). The molecule has 1 N–H and O–H groups in total. The van der Waals surface area contributed by atoms with Gasteiger partial charge < -0.3 is 5.32 Å². The second kappa shape index (κ2) is 7.54. The Hall–Kier alpha value is -3.02. The first-order chi connectivity index (χ1) is 13.6. The average Bonchev–Trinajstić information content (AvgIpc) is 2.99. The van der Waals surface area contributed by atoms with E-state index in [1.165, 1.54) is 4.90 Å². The van der Waals surface area contributed by atoms with Crippen LogP contribution in [0.2, 0.25) is 0 Å². The van der Waals surface area contributed by atoms with Crippen molar-refractivity contribution < 1.29 is 14.4 Å². The van der Waals surface area contributed by atoms with Gasteiger partial charge in [0.1, 0.15) is 0 Å². The minimum absolute atomic E-state index is 0.0240. The van der Waals surface area contributed by atoms with Gasteiger partial charge in [-0.3, -0.25) is 24.3 Å². The Morgan fingerprint density at radius 1 is 1.11 bits per heavy atom. The molecular weight excluding hydrogens is 354 g/mol. The summed E-state index contributed by atoms with van der Waals surface area (Å²) in [5.74, 6) is -0.792. The summed E-state index contributed by atoms with van der Waals surface area (Å²) in [4.78, 5) is 43.8. The van der Waals surface area contributed by atoms with E-state index < -0.39 is 0 Å². The molecule has 1 unspecified atom stereocenters. The van der Waals surface area contributed by atoms with Crippen molar-refractivity contribution in [1.29, 1.82) is 0 Å². The van der Waals surface area contributed by atoms with E-state index in [0.717, 1.165) is 37.7 Å². The molecular formula is C22H23N3O3. The molecule has 1 aliphatic carbocycles. The Kier molecular flexibility index (Phi) is 4.94. The fourth-order valence-electron chi connectivity index (χ4n) is 4.07. The second-order valence-corrected chi connectivity index (χ2v) is 7.51. The molecule has 2 heterocycles. The molecule has 6 heteroatoms. The predicted octanol–water partition coefficient (Wildman–Crippen LogP) is 3.50. The van der Waals surface area contributed by atoms with Gasteiger partial charge in [0, 0.05) is 24.0 Å². The minimum Gasteiger partial charge on any atom is -0.345 e. The first kappa shape index (κ1) is 18.3. The predicted molar refractivity (Wildman–Crippen MR) is 104 cm³/mol. The Morgan fingerprint density at radius 3 is 2.57 bits per heavy atom. The zero-order valence-electron chi connectivity index (χ0n) is 15.9. The topological polar surface area (TPSA) is 79.4 Å². The van der Waals surface area contributed by atoms with E-state index in [2.05, 4.69) is 10.3 Å². The molecule has 0 bridgehead atoms. The van der Waals surface area contributed by atoms with Gasteiger partial charge in [-0.15, -0.1) is 0 Å². The van der Waals surface area contributed by atoms with E-state index in [9.17, 15) is 14.4 Å². The van der Waals surface area contributed by atoms with Gasteiger partial charge in [0.25, 0.3) is 17.7 Å². The maximum atomic E-state index is 12.9. The molecule has 0 saturated heterocycles. The summed E-state index contributed by atoms with van der Waals surface area (Å²) in [5.41, 5.74) is 2.00. The standard InChI is InChI=1S/C22H23N3O3/c1-14(16-6-5-11-23-13-16)24-20(26)15-9-10-18-19(12-15)22(28)25(21(18)27)17-7-3-2-4-8-17/h5-6,9-14,17H,2-4,7-8H2,1H3,(H,24,26). The van der Waals surface area contributed by atoms with E-state index in [-0.39, 0.29) is 29.8 Å². The highest BCUT2D eigenvalue weighted by Gasteiger charge is 2.40. The van der Waals surface area contributed by atoms with Crippen LogP contribution in [0.4, 0.5) is 0 Å². The molecule has 144 valence electrons. The number of imide groups is 1. The van der Waals surface area contributed by atoms with E-state index in [0.29, 0.717) is 16.7 Å². The van der Waals surface area contributed by atoms with E-state index >= 15 is 0 Å². The number of aromatic nitrogens is 1. The number of carbonyl (C=O) groups is 3. The van der Waals surface area contributed by atoms with Crippen LogP contribution in [0, 0.1) is 0 Å². The number of fused-ring (bicyclic) bond motifs is 1. The van der Waals surface area contributed by atoms with Crippen LogP contribution in [0.5, 0.6) is 0 Å². The quantitative estimate of drug-likeness (QED) is 0.827. The number of nitrogens with zero attached hydrogens (tertiary/aromatic N) is 2. The molecule has 3 amide bonds. The van der Waals surface area contributed by atoms with Gasteiger partial charge in [-0.1, -0.05) is 25.3 Å². The molecule has 2 aliphatic rings. The van der Waals surface area contributed by atoms with Crippen molar-refractivity contribution in [2.45, 2.75) is 51.1 Å². The van der Waals surface area contributed by atoms with Crippen molar-refractivity contribution in [2.24, 2.45) is 0 Å².